The first-order valence-electron chi connectivity index (χ1n) is 5.21. The maximum absolute atomic E-state index is 13.3. The average Bonchev–Trinajstić information content (AvgIpc) is 2.21. The molecular weight excluding hydrogens is 214 g/mol. The summed E-state index contributed by atoms with van der Waals surface area (Å²) in [6.07, 6.45) is -0.187. The Labute approximate surface area is 92.9 Å². The summed E-state index contributed by atoms with van der Waals surface area (Å²) in [6.45, 7) is 3.71. The minimum absolute atomic E-state index is 0.0337. The van der Waals surface area contributed by atoms with Crippen LogP contribution in [-0.4, -0.2) is 17.3 Å². The molecule has 0 spiro atoms. The van der Waals surface area contributed by atoms with Crippen molar-refractivity contribution in [2.24, 2.45) is 5.41 Å². The van der Waals surface area contributed by atoms with Gasteiger partial charge in [-0.25, -0.2) is 8.78 Å². The molecule has 16 heavy (non-hydrogen) atoms. The van der Waals surface area contributed by atoms with E-state index in [1.54, 1.807) is 0 Å². The quantitative estimate of drug-likeness (QED) is 0.842. The number of aliphatic hydroxyl groups excluding tert-OH is 1. The van der Waals surface area contributed by atoms with E-state index in [0.717, 1.165) is 12.1 Å². The van der Waals surface area contributed by atoms with Crippen LogP contribution >= 0.6 is 0 Å². The molecule has 0 radical (unpaired) electrons. The van der Waals surface area contributed by atoms with Crippen LogP contribution in [0, 0.1) is 17.0 Å². The van der Waals surface area contributed by atoms with E-state index in [-0.39, 0.29) is 17.3 Å². The molecule has 0 heterocycles. The first-order valence-corrected chi connectivity index (χ1v) is 5.21. The van der Waals surface area contributed by atoms with E-state index >= 15 is 0 Å². The molecule has 1 aliphatic rings. The van der Waals surface area contributed by atoms with Crippen LogP contribution in [-0.2, 0) is 0 Å². The molecule has 2 atom stereocenters. The smallest absolute Gasteiger partial charge is 0.167 e. The highest BCUT2D eigenvalue weighted by Crippen LogP contribution is 2.43. The number of ether oxygens (including phenoxy) is 1. The van der Waals surface area contributed by atoms with Crippen LogP contribution in [0.15, 0.2) is 18.2 Å². The average molecular weight is 228 g/mol. The third kappa shape index (κ3) is 1.78. The second-order valence-corrected chi connectivity index (χ2v) is 4.75. The fraction of sp³-hybridized carbons (Fsp3) is 0.500. The molecule has 1 aromatic carbocycles. The summed E-state index contributed by atoms with van der Waals surface area (Å²) < 4.78 is 31.4. The van der Waals surface area contributed by atoms with Crippen molar-refractivity contribution in [1.82, 2.24) is 0 Å². The standard InChI is InChI=1S/C12H14F2O2/c1-12(2)10(15)6-11(12)16-9-4-3-7(13)5-8(9)14/h3-5,10-11,15H,6H2,1-2H3. The molecule has 0 aromatic heterocycles. The number of aliphatic hydroxyl groups is 1. The van der Waals surface area contributed by atoms with Gasteiger partial charge in [-0.1, -0.05) is 13.8 Å². The predicted octanol–water partition coefficient (Wildman–Crippen LogP) is 2.50. The largest absolute Gasteiger partial charge is 0.487 e. The molecule has 2 nitrogen and oxygen atoms in total. The van der Waals surface area contributed by atoms with Crippen molar-refractivity contribution >= 4 is 0 Å². The molecule has 2 unspecified atom stereocenters. The summed E-state index contributed by atoms with van der Waals surface area (Å²) in [5.74, 6) is -1.30. The van der Waals surface area contributed by atoms with Crippen molar-refractivity contribution in [1.29, 1.82) is 0 Å². The van der Waals surface area contributed by atoms with Crippen LogP contribution in [0.2, 0.25) is 0 Å². The molecule has 0 bridgehead atoms. The van der Waals surface area contributed by atoms with Gasteiger partial charge in [-0.3, -0.25) is 0 Å². The normalized spacial score (nSPS) is 27.3. The Bertz CT molecular complexity index is 404. The second-order valence-electron chi connectivity index (χ2n) is 4.75. The molecule has 4 heteroatoms. The van der Waals surface area contributed by atoms with Crippen molar-refractivity contribution in [3.8, 4) is 5.75 Å². The second kappa shape index (κ2) is 3.70. The Hall–Kier alpha value is -1.16. The Balaban J connectivity index is 2.11. The van der Waals surface area contributed by atoms with Crippen molar-refractivity contribution < 1.29 is 18.6 Å². The van der Waals surface area contributed by atoms with Gasteiger partial charge in [-0.15, -0.1) is 0 Å². The summed E-state index contributed by atoms with van der Waals surface area (Å²) >= 11 is 0. The first kappa shape index (κ1) is 11.3. The van der Waals surface area contributed by atoms with Crippen LogP contribution in [0.1, 0.15) is 20.3 Å². The molecule has 1 aliphatic carbocycles. The SMILES string of the molecule is CC1(C)C(O)CC1Oc1ccc(F)cc1F. The predicted molar refractivity (Wildman–Crippen MR) is 55.2 cm³/mol. The first-order chi connectivity index (χ1) is 7.41. The fourth-order valence-corrected chi connectivity index (χ4v) is 1.79. The van der Waals surface area contributed by atoms with E-state index < -0.39 is 17.7 Å². The topological polar surface area (TPSA) is 29.5 Å². The molecule has 2 rings (SSSR count). The molecule has 0 saturated heterocycles. The van der Waals surface area contributed by atoms with Crippen molar-refractivity contribution in [2.45, 2.75) is 32.5 Å². The zero-order valence-corrected chi connectivity index (χ0v) is 9.21. The van der Waals surface area contributed by atoms with Gasteiger partial charge in [0.05, 0.1) is 6.10 Å². The van der Waals surface area contributed by atoms with E-state index in [1.165, 1.54) is 6.07 Å². The van der Waals surface area contributed by atoms with Gasteiger partial charge in [-0.05, 0) is 12.1 Å². The van der Waals surface area contributed by atoms with Crippen molar-refractivity contribution in [3.05, 3.63) is 29.8 Å². The number of benzene rings is 1. The molecule has 1 fully saturated rings. The third-order valence-electron chi connectivity index (χ3n) is 3.29. The maximum atomic E-state index is 13.3. The van der Waals surface area contributed by atoms with Gasteiger partial charge in [-0.2, -0.15) is 0 Å². The van der Waals surface area contributed by atoms with Gasteiger partial charge in [0.1, 0.15) is 11.9 Å². The lowest BCUT2D eigenvalue weighted by Gasteiger charge is -2.48. The highest BCUT2D eigenvalue weighted by molar-refractivity contribution is 5.25. The fourth-order valence-electron chi connectivity index (χ4n) is 1.79. The van der Waals surface area contributed by atoms with Crippen molar-refractivity contribution in [2.75, 3.05) is 0 Å². The highest BCUT2D eigenvalue weighted by Gasteiger charge is 2.49. The van der Waals surface area contributed by atoms with Gasteiger partial charge in [0, 0.05) is 17.9 Å². The number of hydrogen-bond acceptors (Lipinski definition) is 2. The van der Waals surface area contributed by atoms with Crippen LogP contribution in [0.5, 0.6) is 5.75 Å². The Morgan fingerprint density at radius 3 is 2.56 bits per heavy atom. The molecule has 0 amide bonds. The van der Waals surface area contributed by atoms with Crippen LogP contribution < -0.4 is 4.74 Å². The maximum Gasteiger partial charge on any atom is 0.167 e. The lowest BCUT2D eigenvalue weighted by molar-refractivity contribution is -0.135. The zero-order valence-electron chi connectivity index (χ0n) is 9.21. The molecule has 0 aliphatic heterocycles. The Kier molecular flexibility index (Phi) is 2.62. The number of rotatable bonds is 2. The molecule has 1 aromatic rings. The highest BCUT2D eigenvalue weighted by atomic mass is 19.1. The van der Waals surface area contributed by atoms with Crippen molar-refractivity contribution in [3.63, 3.8) is 0 Å². The van der Waals surface area contributed by atoms with Gasteiger partial charge in [0.2, 0.25) is 0 Å². The van der Waals surface area contributed by atoms with Crippen LogP contribution in [0.3, 0.4) is 0 Å². The molecule has 88 valence electrons. The van der Waals surface area contributed by atoms with E-state index in [9.17, 15) is 13.9 Å². The molecular formula is C12H14F2O2. The van der Waals surface area contributed by atoms with Gasteiger partial charge >= 0.3 is 0 Å². The Morgan fingerprint density at radius 1 is 1.38 bits per heavy atom. The van der Waals surface area contributed by atoms with Gasteiger partial charge in [0.15, 0.2) is 11.6 Å². The minimum Gasteiger partial charge on any atom is -0.487 e. The lowest BCUT2D eigenvalue weighted by Crippen LogP contribution is -2.56. The van der Waals surface area contributed by atoms with E-state index in [0.29, 0.717) is 6.42 Å². The monoisotopic (exact) mass is 228 g/mol. The summed E-state index contributed by atoms with van der Waals surface area (Å²) in [5.41, 5.74) is -0.388. The zero-order chi connectivity index (χ0) is 11.9. The minimum atomic E-state index is -0.711. The number of hydrogen-bond donors (Lipinski definition) is 1. The molecule has 1 saturated carbocycles. The summed E-state index contributed by atoms with van der Waals surface area (Å²) in [5, 5.41) is 9.50. The summed E-state index contributed by atoms with van der Waals surface area (Å²) in [6, 6.07) is 3.21. The summed E-state index contributed by atoms with van der Waals surface area (Å²) in [7, 11) is 0. The van der Waals surface area contributed by atoms with E-state index in [1.807, 2.05) is 13.8 Å². The van der Waals surface area contributed by atoms with Crippen LogP contribution in [0.25, 0.3) is 0 Å². The van der Waals surface area contributed by atoms with Gasteiger partial charge < -0.3 is 9.84 Å². The van der Waals surface area contributed by atoms with Gasteiger partial charge in [0.25, 0.3) is 0 Å². The van der Waals surface area contributed by atoms with E-state index in [4.69, 9.17) is 4.74 Å². The number of halogens is 2. The third-order valence-corrected chi connectivity index (χ3v) is 3.29. The Morgan fingerprint density at radius 2 is 2.06 bits per heavy atom. The van der Waals surface area contributed by atoms with E-state index in [2.05, 4.69) is 0 Å². The lowest BCUT2D eigenvalue weighted by atomic mass is 9.66. The van der Waals surface area contributed by atoms with Crippen LogP contribution in [0.4, 0.5) is 8.78 Å². The summed E-state index contributed by atoms with van der Waals surface area (Å²) in [4.78, 5) is 0. The molecule has 1 N–H and O–H groups in total.